The van der Waals surface area contributed by atoms with Gasteiger partial charge in [-0.2, -0.15) is 0 Å². The van der Waals surface area contributed by atoms with Crippen molar-refractivity contribution in [3.63, 3.8) is 0 Å². The van der Waals surface area contributed by atoms with Crippen molar-refractivity contribution in [2.24, 2.45) is 0 Å². The Bertz CT molecular complexity index is 659. The molecular formula is C16H17Cl2NO2. The molecule has 0 radical (unpaired) electrons. The van der Waals surface area contributed by atoms with Gasteiger partial charge in [0, 0.05) is 33.5 Å². The Morgan fingerprint density at radius 3 is 2.48 bits per heavy atom. The standard InChI is InChI=1S/C16H17Cl2NO2/c1-9-6-10(4-5-20)15(19)13(7-9)16(21)12-3-2-11(17)8-14(12)18/h2-3,6-8,16,20-21H,4-5,19H2,1H3. The third-order valence-corrected chi connectivity index (χ3v) is 3.94. The van der Waals surface area contributed by atoms with Crippen LogP contribution in [0.25, 0.3) is 0 Å². The number of benzene rings is 2. The lowest BCUT2D eigenvalue weighted by molar-refractivity contribution is 0.221. The number of aryl methyl sites for hydroxylation is 1. The number of nitrogen functional groups attached to an aromatic ring is 1. The minimum atomic E-state index is -0.938. The molecule has 2 aromatic carbocycles. The summed E-state index contributed by atoms with van der Waals surface area (Å²) in [7, 11) is 0. The molecule has 0 bridgehead atoms. The molecule has 1 unspecified atom stereocenters. The van der Waals surface area contributed by atoms with E-state index in [9.17, 15) is 5.11 Å². The maximum absolute atomic E-state index is 10.6. The molecule has 2 rings (SSSR count). The lowest BCUT2D eigenvalue weighted by atomic mass is 9.94. The molecule has 0 aliphatic heterocycles. The Labute approximate surface area is 133 Å². The average Bonchev–Trinajstić information content (AvgIpc) is 2.42. The minimum absolute atomic E-state index is 0.00485. The number of nitrogens with two attached hydrogens (primary N) is 1. The van der Waals surface area contributed by atoms with Crippen molar-refractivity contribution in [2.75, 3.05) is 12.3 Å². The van der Waals surface area contributed by atoms with Crippen LogP contribution in [0, 0.1) is 6.92 Å². The zero-order chi connectivity index (χ0) is 15.6. The Morgan fingerprint density at radius 2 is 1.86 bits per heavy atom. The molecule has 112 valence electrons. The lowest BCUT2D eigenvalue weighted by Gasteiger charge is -2.18. The molecule has 0 heterocycles. The van der Waals surface area contributed by atoms with Crippen LogP contribution in [0.2, 0.25) is 10.0 Å². The van der Waals surface area contributed by atoms with E-state index in [-0.39, 0.29) is 6.61 Å². The van der Waals surface area contributed by atoms with Crippen LogP contribution in [-0.2, 0) is 6.42 Å². The Kier molecular flexibility index (Phi) is 5.12. The van der Waals surface area contributed by atoms with Gasteiger partial charge in [0.2, 0.25) is 0 Å². The third kappa shape index (κ3) is 3.50. The maximum Gasteiger partial charge on any atom is 0.107 e. The van der Waals surface area contributed by atoms with Crippen molar-refractivity contribution < 1.29 is 10.2 Å². The van der Waals surface area contributed by atoms with Gasteiger partial charge in [0.15, 0.2) is 0 Å². The number of anilines is 1. The summed E-state index contributed by atoms with van der Waals surface area (Å²) in [6.07, 6.45) is -0.492. The molecule has 2 aromatic rings. The highest BCUT2D eigenvalue weighted by molar-refractivity contribution is 6.35. The van der Waals surface area contributed by atoms with Gasteiger partial charge in [-0.3, -0.25) is 0 Å². The monoisotopic (exact) mass is 325 g/mol. The number of hydrogen-bond acceptors (Lipinski definition) is 3. The normalized spacial score (nSPS) is 12.4. The van der Waals surface area contributed by atoms with E-state index in [1.54, 1.807) is 18.2 Å². The number of hydrogen-bond donors (Lipinski definition) is 3. The number of aliphatic hydroxyl groups is 2. The maximum atomic E-state index is 10.6. The smallest absolute Gasteiger partial charge is 0.107 e. The van der Waals surface area contributed by atoms with Gasteiger partial charge in [0.05, 0.1) is 0 Å². The first-order valence-corrected chi connectivity index (χ1v) is 7.32. The van der Waals surface area contributed by atoms with E-state index in [1.165, 1.54) is 0 Å². The van der Waals surface area contributed by atoms with Gasteiger partial charge in [-0.25, -0.2) is 0 Å². The molecule has 3 nitrogen and oxygen atoms in total. The summed E-state index contributed by atoms with van der Waals surface area (Å²) >= 11 is 12.0. The summed E-state index contributed by atoms with van der Waals surface area (Å²) in [6.45, 7) is 1.92. The molecule has 0 amide bonds. The van der Waals surface area contributed by atoms with Crippen LogP contribution in [0.1, 0.15) is 28.4 Å². The Balaban J connectivity index is 2.49. The van der Waals surface area contributed by atoms with Gasteiger partial charge < -0.3 is 15.9 Å². The quantitative estimate of drug-likeness (QED) is 0.754. The zero-order valence-electron chi connectivity index (χ0n) is 11.6. The summed E-state index contributed by atoms with van der Waals surface area (Å²) in [5.41, 5.74) is 9.51. The fourth-order valence-electron chi connectivity index (χ4n) is 2.35. The first kappa shape index (κ1) is 16.1. The van der Waals surface area contributed by atoms with E-state index >= 15 is 0 Å². The molecule has 21 heavy (non-hydrogen) atoms. The minimum Gasteiger partial charge on any atom is -0.398 e. The second-order valence-corrected chi connectivity index (χ2v) is 5.81. The SMILES string of the molecule is Cc1cc(CCO)c(N)c(C(O)c2ccc(Cl)cc2Cl)c1. The molecule has 0 aliphatic rings. The van der Waals surface area contributed by atoms with E-state index in [2.05, 4.69) is 0 Å². The van der Waals surface area contributed by atoms with Crippen molar-refractivity contribution >= 4 is 28.9 Å². The Hall–Kier alpha value is -1.26. The summed E-state index contributed by atoms with van der Waals surface area (Å²) in [5.74, 6) is 0. The third-order valence-electron chi connectivity index (χ3n) is 3.37. The van der Waals surface area contributed by atoms with Crippen molar-refractivity contribution in [1.29, 1.82) is 0 Å². The molecule has 0 aliphatic carbocycles. The molecule has 0 spiro atoms. The van der Waals surface area contributed by atoms with Crippen LogP contribution in [0.3, 0.4) is 0 Å². The summed E-state index contributed by atoms with van der Waals surface area (Å²) in [5, 5.41) is 20.6. The molecule has 5 heteroatoms. The highest BCUT2D eigenvalue weighted by Gasteiger charge is 2.19. The topological polar surface area (TPSA) is 66.5 Å². The highest BCUT2D eigenvalue weighted by Crippen LogP contribution is 2.34. The summed E-state index contributed by atoms with van der Waals surface area (Å²) < 4.78 is 0. The van der Waals surface area contributed by atoms with Crippen LogP contribution in [0.15, 0.2) is 30.3 Å². The van der Waals surface area contributed by atoms with Crippen LogP contribution < -0.4 is 5.73 Å². The van der Waals surface area contributed by atoms with Crippen LogP contribution >= 0.6 is 23.2 Å². The number of halogens is 2. The largest absolute Gasteiger partial charge is 0.398 e. The van der Waals surface area contributed by atoms with Gasteiger partial charge in [-0.05, 0) is 31.0 Å². The van der Waals surface area contributed by atoms with Gasteiger partial charge in [0.25, 0.3) is 0 Å². The van der Waals surface area contributed by atoms with E-state index in [0.717, 1.165) is 11.1 Å². The molecular weight excluding hydrogens is 309 g/mol. The second-order valence-electron chi connectivity index (χ2n) is 4.97. The van der Waals surface area contributed by atoms with Crippen molar-refractivity contribution in [1.82, 2.24) is 0 Å². The van der Waals surface area contributed by atoms with Crippen LogP contribution in [-0.4, -0.2) is 16.8 Å². The lowest BCUT2D eigenvalue weighted by Crippen LogP contribution is -2.08. The van der Waals surface area contributed by atoms with Gasteiger partial charge in [0.1, 0.15) is 6.10 Å². The van der Waals surface area contributed by atoms with Crippen molar-refractivity contribution in [3.05, 3.63) is 62.6 Å². The number of aliphatic hydroxyl groups excluding tert-OH is 2. The molecule has 4 N–H and O–H groups in total. The van der Waals surface area contributed by atoms with Gasteiger partial charge >= 0.3 is 0 Å². The summed E-state index contributed by atoms with van der Waals surface area (Å²) in [4.78, 5) is 0. The van der Waals surface area contributed by atoms with Crippen molar-refractivity contribution in [3.8, 4) is 0 Å². The second kappa shape index (κ2) is 6.67. The van der Waals surface area contributed by atoms with Crippen LogP contribution in [0.4, 0.5) is 5.69 Å². The highest BCUT2D eigenvalue weighted by atomic mass is 35.5. The van der Waals surface area contributed by atoms with E-state index in [4.69, 9.17) is 34.0 Å². The molecule has 0 saturated heterocycles. The van der Waals surface area contributed by atoms with Gasteiger partial charge in [-0.1, -0.05) is 47.0 Å². The van der Waals surface area contributed by atoms with Crippen LogP contribution in [0.5, 0.6) is 0 Å². The first-order valence-electron chi connectivity index (χ1n) is 6.56. The van der Waals surface area contributed by atoms with E-state index in [1.807, 2.05) is 19.1 Å². The fraction of sp³-hybridized carbons (Fsp3) is 0.250. The molecule has 1 atom stereocenters. The molecule has 0 saturated carbocycles. The first-order chi connectivity index (χ1) is 9.93. The van der Waals surface area contributed by atoms with E-state index < -0.39 is 6.10 Å². The van der Waals surface area contributed by atoms with Crippen molar-refractivity contribution in [2.45, 2.75) is 19.4 Å². The van der Waals surface area contributed by atoms with Gasteiger partial charge in [-0.15, -0.1) is 0 Å². The number of rotatable bonds is 4. The molecule has 0 fully saturated rings. The molecule has 0 aromatic heterocycles. The predicted octanol–water partition coefficient (Wildman–Crippen LogP) is 3.50. The zero-order valence-corrected chi connectivity index (χ0v) is 13.1. The van der Waals surface area contributed by atoms with E-state index in [0.29, 0.717) is 33.3 Å². The summed E-state index contributed by atoms with van der Waals surface area (Å²) in [6, 6.07) is 8.68. The average molecular weight is 326 g/mol. The predicted molar refractivity (Wildman–Crippen MR) is 86.9 cm³/mol. The Morgan fingerprint density at radius 1 is 1.14 bits per heavy atom. The fourth-order valence-corrected chi connectivity index (χ4v) is 2.86.